The Balaban J connectivity index is 2.25. The second-order valence-electron chi connectivity index (χ2n) is 4.96. The van der Waals surface area contributed by atoms with Crippen molar-refractivity contribution in [2.24, 2.45) is 4.99 Å². The maximum atomic E-state index is 4.29. The Bertz CT molecular complexity index is 402. The number of rotatable bonds is 8. The van der Waals surface area contributed by atoms with Gasteiger partial charge in [0.15, 0.2) is 5.96 Å². The summed E-state index contributed by atoms with van der Waals surface area (Å²) in [6.45, 7) is 5.35. The van der Waals surface area contributed by atoms with Crippen LogP contribution in [0.3, 0.4) is 0 Å². The molecule has 0 fully saturated rings. The van der Waals surface area contributed by atoms with Crippen LogP contribution < -0.4 is 10.6 Å². The number of nitrogens with zero attached hydrogens (tertiary/aromatic N) is 1. The third-order valence-corrected chi connectivity index (χ3v) is 4.70. The van der Waals surface area contributed by atoms with Gasteiger partial charge in [0, 0.05) is 35.8 Å². The summed E-state index contributed by atoms with van der Waals surface area (Å²) in [5.74, 6) is 2.15. The SMILES string of the molecule is CN=C(NCCCCSC)NC(C)Cc1ccc(C)s1. The largest absolute Gasteiger partial charge is 0.356 e. The molecular formula is C15H27N3S2. The Hall–Kier alpha value is -0.680. The predicted molar refractivity (Wildman–Crippen MR) is 94.3 cm³/mol. The monoisotopic (exact) mass is 313 g/mol. The molecule has 1 unspecified atom stereocenters. The lowest BCUT2D eigenvalue weighted by atomic mass is 10.2. The maximum absolute atomic E-state index is 4.29. The van der Waals surface area contributed by atoms with Gasteiger partial charge in [0.05, 0.1) is 0 Å². The molecular weight excluding hydrogens is 286 g/mol. The van der Waals surface area contributed by atoms with Crippen LogP contribution in [-0.4, -0.2) is 37.6 Å². The summed E-state index contributed by atoms with van der Waals surface area (Å²) < 4.78 is 0. The number of thioether (sulfide) groups is 1. The van der Waals surface area contributed by atoms with Gasteiger partial charge in [-0.1, -0.05) is 0 Å². The Morgan fingerprint density at radius 2 is 2.20 bits per heavy atom. The van der Waals surface area contributed by atoms with Crippen LogP contribution >= 0.6 is 23.1 Å². The van der Waals surface area contributed by atoms with E-state index in [0.717, 1.165) is 18.9 Å². The lowest BCUT2D eigenvalue weighted by molar-refractivity contribution is 0.638. The maximum Gasteiger partial charge on any atom is 0.191 e. The van der Waals surface area contributed by atoms with Crippen molar-refractivity contribution in [2.45, 2.75) is 39.2 Å². The highest BCUT2D eigenvalue weighted by molar-refractivity contribution is 7.98. The molecule has 0 aromatic carbocycles. The first-order valence-electron chi connectivity index (χ1n) is 7.17. The van der Waals surface area contributed by atoms with Crippen LogP contribution in [0.1, 0.15) is 29.5 Å². The van der Waals surface area contributed by atoms with Crippen LogP contribution in [0.25, 0.3) is 0 Å². The van der Waals surface area contributed by atoms with E-state index in [0.29, 0.717) is 6.04 Å². The van der Waals surface area contributed by atoms with Crippen LogP contribution in [0, 0.1) is 6.92 Å². The molecule has 0 saturated carbocycles. The summed E-state index contributed by atoms with van der Waals surface area (Å²) in [6.07, 6.45) is 5.66. The summed E-state index contributed by atoms with van der Waals surface area (Å²) in [4.78, 5) is 7.09. The number of hydrogen-bond acceptors (Lipinski definition) is 3. The molecule has 1 heterocycles. The van der Waals surface area contributed by atoms with Crippen LogP contribution in [0.5, 0.6) is 0 Å². The van der Waals surface area contributed by atoms with E-state index < -0.39 is 0 Å². The Morgan fingerprint density at radius 3 is 2.80 bits per heavy atom. The minimum absolute atomic E-state index is 0.394. The summed E-state index contributed by atoms with van der Waals surface area (Å²) in [5.41, 5.74) is 0. The number of nitrogens with one attached hydrogen (secondary N) is 2. The molecule has 0 radical (unpaired) electrons. The van der Waals surface area contributed by atoms with Crippen LogP contribution in [0.15, 0.2) is 17.1 Å². The zero-order chi connectivity index (χ0) is 14.8. The average Bonchev–Trinajstić information content (AvgIpc) is 2.82. The van der Waals surface area contributed by atoms with E-state index >= 15 is 0 Å². The quantitative estimate of drug-likeness (QED) is 0.439. The molecule has 114 valence electrons. The average molecular weight is 314 g/mol. The van der Waals surface area contributed by atoms with Gasteiger partial charge in [0.2, 0.25) is 0 Å². The van der Waals surface area contributed by atoms with E-state index in [-0.39, 0.29) is 0 Å². The Kier molecular flexibility index (Phi) is 8.78. The van der Waals surface area contributed by atoms with Crippen molar-refractivity contribution in [3.8, 4) is 0 Å². The fraction of sp³-hybridized carbons (Fsp3) is 0.667. The Labute approximate surface area is 131 Å². The summed E-state index contributed by atoms with van der Waals surface area (Å²) in [7, 11) is 1.83. The highest BCUT2D eigenvalue weighted by atomic mass is 32.2. The van der Waals surface area contributed by atoms with E-state index in [1.165, 1.54) is 28.3 Å². The molecule has 2 N–H and O–H groups in total. The molecule has 0 amide bonds. The van der Waals surface area contributed by atoms with Crippen molar-refractivity contribution in [1.29, 1.82) is 0 Å². The van der Waals surface area contributed by atoms with Crippen molar-refractivity contribution < 1.29 is 0 Å². The minimum atomic E-state index is 0.394. The second kappa shape index (κ2) is 10.1. The fourth-order valence-corrected chi connectivity index (χ4v) is 3.47. The smallest absolute Gasteiger partial charge is 0.191 e. The topological polar surface area (TPSA) is 36.4 Å². The van der Waals surface area contributed by atoms with Crippen molar-refractivity contribution >= 4 is 29.1 Å². The molecule has 0 aliphatic rings. The van der Waals surface area contributed by atoms with Gasteiger partial charge in [-0.2, -0.15) is 11.8 Å². The molecule has 1 rings (SSSR count). The number of unbranched alkanes of at least 4 members (excludes halogenated alkanes) is 1. The van der Waals surface area contributed by atoms with Crippen LogP contribution in [-0.2, 0) is 6.42 Å². The van der Waals surface area contributed by atoms with Gasteiger partial charge in [-0.15, -0.1) is 11.3 Å². The third kappa shape index (κ3) is 7.20. The molecule has 0 bridgehead atoms. The zero-order valence-corrected chi connectivity index (χ0v) is 14.7. The summed E-state index contributed by atoms with van der Waals surface area (Å²) in [5, 5.41) is 6.84. The lowest BCUT2D eigenvalue weighted by Gasteiger charge is -2.17. The standard InChI is InChI=1S/C15H27N3S2/c1-12(11-14-8-7-13(2)20-14)18-15(16-3)17-9-5-6-10-19-4/h7-8,12H,5-6,9-11H2,1-4H3,(H2,16,17,18). The van der Waals surface area contributed by atoms with Gasteiger partial charge in [0.25, 0.3) is 0 Å². The van der Waals surface area contributed by atoms with Crippen molar-refractivity contribution in [1.82, 2.24) is 10.6 Å². The first-order chi connectivity index (χ1) is 9.65. The summed E-state index contributed by atoms with van der Waals surface area (Å²) >= 11 is 3.78. The molecule has 0 aliphatic carbocycles. The number of aryl methyl sites for hydroxylation is 1. The lowest BCUT2D eigenvalue weighted by Crippen LogP contribution is -2.43. The van der Waals surface area contributed by atoms with Crippen molar-refractivity contribution in [3.63, 3.8) is 0 Å². The molecule has 3 nitrogen and oxygen atoms in total. The van der Waals surface area contributed by atoms with E-state index in [4.69, 9.17) is 0 Å². The number of guanidine groups is 1. The van der Waals surface area contributed by atoms with E-state index in [1.54, 1.807) is 0 Å². The molecule has 1 atom stereocenters. The van der Waals surface area contributed by atoms with Crippen LogP contribution in [0.2, 0.25) is 0 Å². The minimum Gasteiger partial charge on any atom is -0.356 e. The molecule has 0 saturated heterocycles. The molecule has 1 aromatic heterocycles. The number of hydrogen-bond donors (Lipinski definition) is 2. The number of thiophene rings is 1. The first kappa shape index (κ1) is 17.4. The highest BCUT2D eigenvalue weighted by Crippen LogP contribution is 2.16. The van der Waals surface area contributed by atoms with E-state index in [1.807, 2.05) is 30.1 Å². The normalized spacial score (nSPS) is 13.3. The van der Waals surface area contributed by atoms with E-state index in [2.05, 4.69) is 47.9 Å². The third-order valence-electron chi connectivity index (χ3n) is 2.98. The van der Waals surface area contributed by atoms with Crippen molar-refractivity contribution in [2.75, 3.05) is 25.6 Å². The zero-order valence-electron chi connectivity index (χ0n) is 13.0. The van der Waals surface area contributed by atoms with Gasteiger partial charge in [-0.3, -0.25) is 4.99 Å². The van der Waals surface area contributed by atoms with Gasteiger partial charge in [-0.05, 0) is 50.8 Å². The second-order valence-corrected chi connectivity index (χ2v) is 7.32. The Morgan fingerprint density at radius 1 is 1.40 bits per heavy atom. The molecule has 5 heteroatoms. The van der Waals surface area contributed by atoms with Crippen LogP contribution in [0.4, 0.5) is 0 Å². The van der Waals surface area contributed by atoms with Gasteiger partial charge in [-0.25, -0.2) is 0 Å². The number of aliphatic imine (C=N–C) groups is 1. The molecule has 1 aromatic rings. The van der Waals surface area contributed by atoms with Gasteiger partial charge < -0.3 is 10.6 Å². The highest BCUT2D eigenvalue weighted by Gasteiger charge is 2.07. The molecule has 20 heavy (non-hydrogen) atoms. The predicted octanol–water partition coefficient (Wildman–Crippen LogP) is 3.30. The molecule has 0 spiro atoms. The van der Waals surface area contributed by atoms with Gasteiger partial charge >= 0.3 is 0 Å². The molecule has 0 aliphatic heterocycles. The van der Waals surface area contributed by atoms with Crippen molar-refractivity contribution in [3.05, 3.63) is 21.9 Å². The van der Waals surface area contributed by atoms with Gasteiger partial charge in [0.1, 0.15) is 0 Å². The summed E-state index contributed by atoms with van der Waals surface area (Å²) in [6, 6.07) is 4.80. The van der Waals surface area contributed by atoms with E-state index in [9.17, 15) is 0 Å². The fourth-order valence-electron chi connectivity index (χ4n) is 1.95. The first-order valence-corrected chi connectivity index (χ1v) is 9.38.